The van der Waals surface area contributed by atoms with E-state index in [0.29, 0.717) is 18.0 Å². The first kappa shape index (κ1) is 22.4. The van der Waals surface area contributed by atoms with Crippen LogP contribution in [-0.2, 0) is 9.59 Å². The van der Waals surface area contributed by atoms with Gasteiger partial charge in [-0.3, -0.25) is 14.5 Å². The number of rotatable bonds is 9. The number of hydrogen-bond donors (Lipinski definition) is 2. The fourth-order valence-electron chi connectivity index (χ4n) is 3.11. The Balaban J connectivity index is 2.07. The highest BCUT2D eigenvalue weighted by atomic mass is 16.5. The van der Waals surface area contributed by atoms with Crippen LogP contribution in [0.2, 0.25) is 0 Å². The van der Waals surface area contributed by atoms with Crippen LogP contribution in [0.5, 0.6) is 5.75 Å². The third-order valence-electron chi connectivity index (χ3n) is 4.82. The molecule has 0 aromatic heterocycles. The van der Waals surface area contributed by atoms with Crippen molar-refractivity contribution in [3.05, 3.63) is 53.6 Å². The maximum atomic E-state index is 12.9. The average molecular weight is 398 g/mol. The lowest BCUT2D eigenvalue weighted by Gasteiger charge is -2.27. The second-order valence-corrected chi connectivity index (χ2v) is 7.20. The fourth-order valence-corrected chi connectivity index (χ4v) is 3.11. The van der Waals surface area contributed by atoms with Crippen molar-refractivity contribution in [1.29, 1.82) is 0 Å². The average Bonchev–Trinajstić information content (AvgIpc) is 2.69. The molecule has 2 N–H and O–H groups in total. The highest BCUT2D eigenvalue weighted by Crippen LogP contribution is 2.25. The van der Waals surface area contributed by atoms with Gasteiger partial charge >= 0.3 is 0 Å². The highest BCUT2D eigenvalue weighted by molar-refractivity contribution is 5.97. The standard InChI is InChI=1S/C23H31N3O3/c1-6-13-26(15-22(27)24-19-10-8-7-9-17(19)3)18(4)23(28)25-20-14-16(2)11-12-21(20)29-5/h7-12,14,18H,6,13,15H2,1-5H3,(H,24,27)(H,25,28). The lowest BCUT2D eigenvalue weighted by Crippen LogP contribution is -2.46. The first-order chi connectivity index (χ1) is 13.8. The van der Waals surface area contributed by atoms with Crippen LogP contribution in [0.15, 0.2) is 42.5 Å². The van der Waals surface area contributed by atoms with Crippen molar-refractivity contribution in [3.63, 3.8) is 0 Å². The Morgan fingerprint density at radius 3 is 2.45 bits per heavy atom. The SMILES string of the molecule is CCCN(CC(=O)Nc1ccccc1C)C(C)C(=O)Nc1cc(C)ccc1OC. The van der Waals surface area contributed by atoms with Gasteiger partial charge < -0.3 is 15.4 Å². The molecule has 156 valence electrons. The quantitative estimate of drug-likeness (QED) is 0.671. The van der Waals surface area contributed by atoms with Crippen molar-refractivity contribution in [2.75, 3.05) is 30.8 Å². The van der Waals surface area contributed by atoms with E-state index in [4.69, 9.17) is 4.74 Å². The van der Waals surface area contributed by atoms with E-state index in [0.717, 1.165) is 23.2 Å². The molecule has 2 rings (SSSR count). The lowest BCUT2D eigenvalue weighted by atomic mass is 10.1. The zero-order valence-electron chi connectivity index (χ0n) is 17.9. The first-order valence-corrected chi connectivity index (χ1v) is 9.90. The molecule has 0 aliphatic carbocycles. The number of hydrogen-bond acceptors (Lipinski definition) is 4. The molecular formula is C23H31N3O3. The molecule has 0 fully saturated rings. The topological polar surface area (TPSA) is 70.7 Å². The Labute approximate surface area is 173 Å². The largest absolute Gasteiger partial charge is 0.495 e. The van der Waals surface area contributed by atoms with E-state index in [1.807, 2.05) is 75.1 Å². The van der Waals surface area contributed by atoms with Crippen molar-refractivity contribution < 1.29 is 14.3 Å². The van der Waals surface area contributed by atoms with Crippen LogP contribution in [-0.4, -0.2) is 43.0 Å². The zero-order chi connectivity index (χ0) is 21.4. The number of nitrogens with one attached hydrogen (secondary N) is 2. The molecule has 0 spiro atoms. The van der Waals surface area contributed by atoms with Crippen molar-refractivity contribution in [2.45, 2.75) is 40.2 Å². The summed E-state index contributed by atoms with van der Waals surface area (Å²) in [5.41, 5.74) is 3.44. The maximum absolute atomic E-state index is 12.9. The third-order valence-corrected chi connectivity index (χ3v) is 4.82. The summed E-state index contributed by atoms with van der Waals surface area (Å²) >= 11 is 0. The Morgan fingerprint density at radius 2 is 1.79 bits per heavy atom. The first-order valence-electron chi connectivity index (χ1n) is 9.90. The molecule has 0 saturated carbocycles. The van der Waals surface area contributed by atoms with Crippen molar-refractivity contribution in [3.8, 4) is 5.75 Å². The van der Waals surface area contributed by atoms with E-state index in [1.165, 1.54) is 0 Å². The lowest BCUT2D eigenvalue weighted by molar-refractivity contribution is -0.123. The maximum Gasteiger partial charge on any atom is 0.241 e. The predicted octanol–water partition coefficient (Wildman–Crippen LogP) is 3.99. The van der Waals surface area contributed by atoms with Crippen molar-refractivity contribution in [2.24, 2.45) is 0 Å². The van der Waals surface area contributed by atoms with Gasteiger partial charge in [-0.25, -0.2) is 0 Å². The Morgan fingerprint density at radius 1 is 1.07 bits per heavy atom. The van der Waals surface area contributed by atoms with E-state index in [1.54, 1.807) is 7.11 Å². The predicted molar refractivity (Wildman–Crippen MR) is 117 cm³/mol. The number of methoxy groups -OCH3 is 1. The van der Waals surface area contributed by atoms with Gasteiger partial charge in [0, 0.05) is 5.69 Å². The molecule has 2 aromatic carbocycles. The monoisotopic (exact) mass is 397 g/mol. The summed E-state index contributed by atoms with van der Waals surface area (Å²) in [6.07, 6.45) is 0.836. The van der Waals surface area contributed by atoms with Crippen LogP contribution in [0, 0.1) is 13.8 Å². The minimum Gasteiger partial charge on any atom is -0.495 e. The minimum atomic E-state index is -0.470. The Kier molecular flexibility index (Phi) is 8.21. The van der Waals surface area contributed by atoms with Crippen LogP contribution in [0.1, 0.15) is 31.4 Å². The van der Waals surface area contributed by atoms with Crippen LogP contribution in [0.3, 0.4) is 0 Å². The van der Waals surface area contributed by atoms with E-state index in [9.17, 15) is 9.59 Å². The molecule has 1 atom stereocenters. The molecule has 6 heteroatoms. The van der Waals surface area contributed by atoms with Gasteiger partial charge in [0.1, 0.15) is 5.75 Å². The number of amides is 2. The summed E-state index contributed by atoms with van der Waals surface area (Å²) in [6, 6.07) is 12.8. The normalized spacial score (nSPS) is 11.8. The van der Waals surface area contributed by atoms with Crippen LogP contribution in [0.25, 0.3) is 0 Å². The number of carbonyl (C=O) groups is 2. The number of aryl methyl sites for hydroxylation is 2. The van der Waals surface area contributed by atoms with Crippen LogP contribution in [0.4, 0.5) is 11.4 Å². The second kappa shape index (κ2) is 10.6. The third kappa shape index (κ3) is 6.32. The van der Waals surface area contributed by atoms with Gasteiger partial charge in [-0.05, 0) is 63.1 Å². The van der Waals surface area contributed by atoms with Crippen molar-refractivity contribution >= 4 is 23.2 Å². The summed E-state index contributed by atoms with van der Waals surface area (Å²) in [4.78, 5) is 27.3. The zero-order valence-corrected chi connectivity index (χ0v) is 17.9. The fraction of sp³-hybridized carbons (Fsp3) is 0.391. The summed E-state index contributed by atoms with van der Waals surface area (Å²) in [5.74, 6) is 0.294. The summed E-state index contributed by atoms with van der Waals surface area (Å²) in [7, 11) is 1.57. The van der Waals surface area contributed by atoms with Gasteiger partial charge in [0.2, 0.25) is 11.8 Å². The molecule has 0 saturated heterocycles. The molecule has 0 aliphatic rings. The molecule has 0 radical (unpaired) electrons. The molecule has 29 heavy (non-hydrogen) atoms. The molecule has 1 unspecified atom stereocenters. The number of anilines is 2. The number of benzene rings is 2. The van der Waals surface area contributed by atoms with E-state index < -0.39 is 6.04 Å². The molecule has 2 aromatic rings. The molecule has 0 bridgehead atoms. The molecular weight excluding hydrogens is 366 g/mol. The van der Waals surface area contributed by atoms with Gasteiger partial charge in [0.25, 0.3) is 0 Å². The minimum absolute atomic E-state index is 0.138. The number of nitrogens with zero attached hydrogens (tertiary/aromatic N) is 1. The van der Waals surface area contributed by atoms with Gasteiger partial charge in [-0.15, -0.1) is 0 Å². The van der Waals surface area contributed by atoms with Crippen LogP contribution >= 0.6 is 0 Å². The molecule has 6 nitrogen and oxygen atoms in total. The Bertz CT molecular complexity index is 851. The molecule has 0 aliphatic heterocycles. The number of carbonyl (C=O) groups excluding carboxylic acids is 2. The number of ether oxygens (including phenoxy) is 1. The second-order valence-electron chi connectivity index (χ2n) is 7.20. The molecule has 0 heterocycles. The molecule has 2 amide bonds. The summed E-state index contributed by atoms with van der Waals surface area (Å²) < 4.78 is 5.34. The number of para-hydroxylation sites is 1. The van der Waals surface area contributed by atoms with Gasteiger partial charge in [0.15, 0.2) is 0 Å². The van der Waals surface area contributed by atoms with Crippen molar-refractivity contribution in [1.82, 2.24) is 4.90 Å². The summed E-state index contributed by atoms with van der Waals surface area (Å²) in [5, 5.41) is 5.87. The summed E-state index contributed by atoms with van der Waals surface area (Å²) in [6.45, 7) is 8.53. The van der Waals surface area contributed by atoms with Gasteiger partial charge in [0.05, 0.1) is 25.4 Å². The van der Waals surface area contributed by atoms with E-state index >= 15 is 0 Å². The van der Waals surface area contributed by atoms with Gasteiger partial charge in [-0.1, -0.05) is 31.2 Å². The van der Waals surface area contributed by atoms with E-state index in [2.05, 4.69) is 10.6 Å². The van der Waals surface area contributed by atoms with Gasteiger partial charge in [-0.2, -0.15) is 0 Å². The van der Waals surface area contributed by atoms with E-state index in [-0.39, 0.29) is 18.4 Å². The van der Waals surface area contributed by atoms with Crippen LogP contribution < -0.4 is 15.4 Å². The highest BCUT2D eigenvalue weighted by Gasteiger charge is 2.24. The Hall–Kier alpha value is -2.86. The smallest absolute Gasteiger partial charge is 0.241 e.